The monoisotopic (exact) mass is 356 g/mol. The van der Waals surface area contributed by atoms with Crippen LogP contribution in [-0.4, -0.2) is 67.1 Å². The number of hydrogen-bond donors (Lipinski definition) is 2. The molecule has 0 aromatic carbocycles. The summed E-state index contributed by atoms with van der Waals surface area (Å²) in [6.07, 6.45) is 3.58. The highest BCUT2D eigenvalue weighted by molar-refractivity contribution is 8.13. The van der Waals surface area contributed by atoms with Crippen molar-refractivity contribution >= 4 is 23.0 Å². The number of carboxylic acid groups (broad SMARTS) is 1. The molecule has 1 heterocycles. The molecule has 0 spiro atoms. The lowest BCUT2D eigenvalue weighted by molar-refractivity contribution is -0.136. The van der Waals surface area contributed by atoms with Crippen LogP contribution in [0.3, 0.4) is 0 Å². The molecule has 0 radical (unpaired) electrons. The molecular formula is C14H24N6O3S. The Kier molecular flexibility index (Phi) is 6.98. The molecule has 2 rings (SSSR count). The van der Waals surface area contributed by atoms with Crippen molar-refractivity contribution in [2.24, 2.45) is 0 Å². The summed E-state index contributed by atoms with van der Waals surface area (Å²) in [5.74, 6) is -0.861. The topological polar surface area (TPSA) is 113 Å². The lowest BCUT2D eigenvalue weighted by Crippen LogP contribution is -2.38. The van der Waals surface area contributed by atoms with Gasteiger partial charge in [-0.2, -0.15) is 0 Å². The van der Waals surface area contributed by atoms with Gasteiger partial charge in [-0.1, -0.05) is 0 Å². The molecule has 2 atom stereocenters. The second-order valence-electron chi connectivity index (χ2n) is 5.74. The van der Waals surface area contributed by atoms with E-state index in [9.17, 15) is 9.59 Å². The minimum Gasteiger partial charge on any atom is -0.480 e. The third-order valence-corrected chi connectivity index (χ3v) is 5.08. The van der Waals surface area contributed by atoms with Gasteiger partial charge in [-0.3, -0.25) is 9.59 Å². The quantitative estimate of drug-likeness (QED) is 0.705. The van der Waals surface area contributed by atoms with Crippen LogP contribution in [0.1, 0.15) is 45.6 Å². The average Bonchev–Trinajstić information content (AvgIpc) is 3.02. The van der Waals surface area contributed by atoms with Gasteiger partial charge in [0.2, 0.25) is 5.16 Å². The van der Waals surface area contributed by atoms with Crippen LogP contribution in [0.15, 0.2) is 5.16 Å². The van der Waals surface area contributed by atoms with Crippen LogP contribution in [-0.2, 0) is 4.79 Å². The highest BCUT2D eigenvalue weighted by atomic mass is 32.2. The van der Waals surface area contributed by atoms with Gasteiger partial charge in [-0.15, -0.1) is 5.10 Å². The van der Waals surface area contributed by atoms with E-state index in [4.69, 9.17) is 5.11 Å². The second-order valence-corrected chi connectivity index (χ2v) is 6.66. The predicted molar refractivity (Wildman–Crippen MR) is 88.9 cm³/mol. The van der Waals surface area contributed by atoms with Crippen LogP contribution in [0.2, 0.25) is 0 Å². The van der Waals surface area contributed by atoms with Crippen molar-refractivity contribution in [2.75, 3.05) is 19.6 Å². The molecule has 1 aliphatic carbocycles. The number of carbonyl (C=O) groups is 2. The van der Waals surface area contributed by atoms with Crippen molar-refractivity contribution in [1.29, 1.82) is 0 Å². The molecule has 134 valence electrons. The zero-order valence-corrected chi connectivity index (χ0v) is 14.8. The third kappa shape index (κ3) is 4.91. The summed E-state index contributed by atoms with van der Waals surface area (Å²) in [5, 5.41) is 24.0. The molecule has 1 aromatic heterocycles. The molecule has 2 unspecified atom stereocenters. The summed E-state index contributed by atoms with van der Waals surface area (Å²) in [7, 11) is 0. The molecule has 0 bridgehead atoms. The van der Waals surface area contributed by atoms with Crippen LogP contribution in [0, 0.1) is 0 Å². The Hall–Kier alpha value is -1.68. The van der Waals surface area contributed by atoms with Crippen molar-refractivity contribution in [3.63, 3.8) is 0 Å². The van der Waals surface area contributed by atoms with Gasteiger partial charge in [0.25, 0.3) is 5.24 Å². The molecule has 1 amide bonds. The number of aromatic nitrogens is 4. The minimum atomic E-state index is -0.861. The molecule has 0 aliphatic heterocycles. The Morgan fingerprint density at radius 2 is 2.12 bits per heavy atom. The number of nitrogens with zero attached hydrogens (tertiary/aromatic N) is 5. The largest absolute Gasteiger partial charge is 0.480 e. The molecule has 0 saturated heterocycles. The number of carbonyl (C=O) groups excluding carboxylic acids is 1. The van der Waals surface area contributed by atoms with E-state index >= 15 is 0 Å². The molecule has 1 aliphatic rings. The highest BCUT2D eigenvalue weighted by Gasteiger charge is 2.27. The Morgan fingerprint density at radius 3 is 2.79 bits per heavy atom. The number of carboxylic acids is 1. The maximum atomic E-state index is 12.3. The van der Waals surface area contributed by atoms with Crippen molar-refractivity contribution in [2.45, 2.75) is 56.8 Å². The smallest absolute Gasteiger partial charge is 0.317 e. The molecule has 1 aromatic rings. The number of aliphatic carboxylic acids is 1. The number of rotatable bonds is 7. The van der Waals surface area contributed by atoms with E-state index < -0.39 is 5.97 Å². The van der Waals surface area contributed by atoms with Crippen molar-refractivity contribution in [3.8, 4) is 0 Å². The van der Waals surface area contributed by atoms with Crippen molar-refractivity contribution < 1.29 is 14.7 Å². The van der Waals surface area contributed by atoms with Gasteiger partial charge < -0.3 is 15.3 Å². The normalized spacial score (nSPS) is 20.8. The molecule has 1 fully saturated rings. The molecular weight excluding hydrogens is 332 g/mol. The third-order valence-electron chi connectivity index (χ3n) is 4.20. The number of nitrogens with one attached hydrogen (secondary N) is 1. The average molecular weight is 356 g/mol. The Bertz CT molecular complexity index is 562. The first-order valence-electron chi connectivity index (χ1n) is 8.24. The van der Waals surface area contributed by atoms with E-state index in [0.717, 1.165) is 37.4 Å². The fourth-order valence-electron chi connectivity index (χ4n) is 2.91. The second kappa shape index (κ2) is 8.97. The number of tetrazole rings is 1. The van der Waals surface area contributed by atoms with E-state index in [0.29, 0.717) is 18.2 Å². The standard InChI is InChI=1S/C14H24N6O3S/c1-3-19(4-2)14(23)24-13-16-17-18-20(13)11-7-5-6-10(8-11)15-9-12(21)22/h10-11,15H,3-9H2,1-2H3,(H,21,22). The Labute approximate surface area is 145 Å². The van der Waals surface area contributed by atoms with E-state index in [2.05, 4.69) is 20.8 Å². The molecule has 2 N–H and O–H groups in total. The summed E-state index contributed by atoms with van der Waals surface area (Å²) in [5.41, 5.74) is 0. The lowest BCUT2D eigenvalue weighted by atomic mass is 9.91. The lowest BCUT2D eigenvalue weighted by Gasteiger charge is -2.29. The molecule has 24 heavy (non-hydrogen) atoms. The zero-order valence-electron chi connectivity index (χ0n) is 14.0. The van der Waals surface area contributed by atoms with Gasteiger partial charge >= 0.3 is 5.97 Å². The Balaban J connectivity index is 2.00. The first kappa shape index (κ1) is 18.7. The van der Waals surface area contributed by atoms with Gasteiger partial charge in [0, 0.05) is 30.9 Å². The zero-order chi connectivity index (χ0) is 17.5. The van der Waals surface area contributed by atoms with Gasteiger partial charge in [-0.25, -0.2) is 4.68 Å². The van der Waals surface area contributed by atoms with Crippen molar-refractivity contribution in [1.82, 2.24) is 30.4 Å². The van der Waals surface area contributed by atoms with Crippen molar-refractivity contribution in [3.05, 3.63) is 0 Å². The van der Waals surface area contributed by atoms with Crippen LogP contribution in [0.4, 0.5) is 4.79 Å². The van der Waals surface area contributed by atoms with E-state index in [-0.39, 0.29) is 23.9 Å². The maximum Gasteiger partial charge on any atom is 0.317 e. The molecule has 1 saturated carbocycles. The van der Waals surface area contributed by atoms with Gasteiger partial charge in [0.1, 0.15) is 0 Å². The van der Waals surface area contributed by atoms with Crippen LogP contribution < -0.4 is 5.32 Å². The first-order chi connectivity index (χ1) is 11.5. The SMILES string of the molecule is CCN(CC)C(=O)Sc1nnnn1C1CCCC(NCC(=O)O)C1. The highest BCUT2D eigenvalue weighted by Crippen LogP contribution is 2.31. The summed E-state index contributed by atoms with van der Waals surface area (Å²) in [6, 6.07) is 0.201. The predicted octanol–water partition coefficient (Wildman–Crippen LogP) is 1.38. The summed E-state index contributed by atoms with van der Waals surface area (Å²) in [6.45, 7) is 5.12. The minimum absolute atomic E-state index is 0.0466. The number of hydrogen-bond acceptors (Lipinski definition) is 7. The maximum absolute atomic E-state index is 12.3. The molecule has 10 heteroatoms. The van der Waals surface area contributed by atoms with Gasteiger partial charge in [0.05, 0.1) is 12.6 Å². The fraction of sp³-hybridized carbons (Fsp3) is 0.786. The van der Waals surface area contributed by atoms with E-state index in [1.807, 2.05) is 13.8 Å². The first-order valence-corrected chi connectivity index (χ1v) is 9.06. The fourth-order valence-corrected chi connectivity index (χ4v) is 3.81. The number of amides is 1. The van der Waals surface area contributed by atoms with Crippen LogP contribution in [0.5, 0.6) is 0 Å². The molecule has 9 nitrogen and oxygen atoms in total. The van der Waals surface area contributed by atoms with Gasteiger partial charge in [0.15, 0.2) is 0 Å². The van der Waals surface area contributed by atoms with Gasteiger partial charge in [-0.05, 0) is 50.0 Å². The number of thioether (sulfide) groups is 1. The Morgan fingerprint density at radius 1 is 1.38 bits per heavy atom. The van der Waals surface area contributed by atoms with E-state index in [1.165, 1.54) is 0 Å². The van der Waals surface area contributed by atoms with Crippen LogP contribution >= 0.6 is 11.8 Å². The van der Waals surface area contributed by atoms with E-state index in [1.54, 1.807) is 9.58 Å². The summed E-state index contributed by atoms with van der Waals surface area (Å²) >= 11 is 1.05. The summed E-state index contributed by atoms with van der Waals surface area (Å²) < 4.78 is 1.71. The summed E-state index contributed by atoms with van der Waals surface area (Å²) in [4.78, 5) is 24.7. The van der Waals surface area contributed by atoms with Crippen LogP contribution in [0.25, 0.3) is 0 Å².